The van der Waals surface area contributed by atoms with Crippen LogP contribution in [0.1, 0.15) is 29.2 Å². The van der Waals surface area contributed by atoms with Gasteiger partial charge in [-0.05, 0) is 43.2 Å². The van der Waals surface area contributed by atoms with Crippen molar-refractivity contribution in [3.8, 4) is 11.6 Å². The molecule has 0 atom stereocenters. The Morgan fingerprint density at radius 2 is 2.15 bits per heavy atom. The number of carbonyl (C=O) groups is 1. The number of amides is 1. The Hall–Kier alpha value is -3.16. The summed E-state index contributed by atoms with van der Waals surface area (Å²) in [5.74, 6) is 0.168. The number of aromatic nitrogens is 3. The minimum atomic E-state index is -0.472. The fraction of sp³-hybridized carbons (Fsp3) is 0.278. The molecular weight excluding hydrogens is 339 g/mol. The molecule has 26 heavy (non-hydrogen) atoms. The van der Waals surface area contributed by atoms with Crippen molar-refractivity contribution < 1.29 is 13.6 Å². The van der Waals surface area contributed by atoms with E-state index in [1.165, 1.54) is 35.2 Å². The molecule has 7 nitrogen and oxygen atoms in total. The Morgan fingerprint density at radius 1 is 1.31 bits per heavy atom. The molecule has 3 aromatic rings. The zero-order valence-corrected chi connectivity index (χ0v) is 13.9. The van der Waals surface area contributed by atoms with Crippen LogP contribution in [0.25, 0.3) is 11.6 Å². The number of carbonyl (C=O) groups excluding carboxylic acids is 1. The average Bonchev–Trinajstić information content (AvgIpc) is 3.20. The molecule has 2 heterocycles. The molecule has 1 fully saturated rings. The number of hydrogen-bond donors (Lipinski definition) is 1. The van der Waals surface area contributed by atoms with Gasteiger partial charge in [-0.3, -0.25) is 9.36 Å². The van der Waals surface area contributed by atoms with Gasteiger partial charge in [0.15, 0.2) is 5.76 Å². The van der Waals surface area contributed by atoms with E-state index in [9.17, 15) is 14.0 Å². The van der Waals surface area contributed by atoms with Gasteiger partial charge in [0.2, 0.25) is 5.82 Å². The summed E-state index contributed by atoms with van der Waals surface area (Å²) < 4.78 is 21.5. The van der Waals surface area contributed by atoms with Gasteiger partial charge in [-0.15, -0.1) is 5.10 Å². The number of furan rings is 1. The third-order valence-electron chi connectivity index (χ3n) is 4.22. The molecule has 1 aromatic carbocycles. The first kappa shape index (κ1) is 16.3. The standard InChI is InChI=1S/C18H17FN4O3/c19-13-4-1-3-12(11-13)17(24)20-8-9-22-18(25)23(14-6-7-14)16(21-22)15-5-2-10-26-15/h1-5,10-11,14H,6-9H2,(H,20,24). The SMILES string of the molecule is O=C(NCCn1nc(-c2ccco2)n(C2CC2)c1=O)c1cccc(F)c1. The molecule has 1 aliphatic rings. The summed E-state index contributed by atoms with van der Waals surface area (Å²) in [6.45, 7) is 0.418. The highest BCUT2D eigenvalue weighted by Gasteiger charge is 2.31. The second-order valence-corrected chi connectivity index (χ2v) is 6.17. The minimum Gasteiger partial charge on any atom is -0.461 e. The number of rotatable bonds is 6. The maximum atomic E-state index is 13.2. The molecule has 1 amide bonds. The Bertz CT molecular complexity index is 986. The lowest BCUT2D eigenvalue weighted by Gasteiger charge is -2.05. The van der Waals surface area contributed by atoms with E-state index in [-0.39, 0.29) is 30.4 Å². The molecule has 0 radical (unpaired) electrons. The van der Waals surface area contributed by atoms with Crippen LogP contribution in [0.2, 0.25) is 0 Å². The van der Waals surface area contributed by atoms with Crippen molar-refractivity contribution in [3.05, 3.63) is 64.5 Å². The largest absolute Gasteiger partial charge is 0.461 e. The highest BCUT2D eigenvalue weighted by Crippen LogP contribution is 2.36. The quantitative estimate of drug-likeness (QED) is 0.734. The summed E-state index contributed by atoms with van der Waals surface area (Å²) in [6.07, 6.45) is 3.42. The van der Waals surface area contributed by atoms with Gasteiger partial charge in [0.25, 0.3) is 5.91 Å². The van der Waals surface area contributed by atoms with Gasteiger partial charge in [0.05, 0.1) is 12.8 Å². The number of hydrogen-bond acceptors (Lipinski definition) is 4. The predicted octanol–water partition coefficient (Wildman–Crippen LogP) is 2.21. The van der Waals surface area contributed by atoms with Crippen LogP contribution in [0, 0.1) is 5.82 Å². The average molecular weight is 356 g/mol. The summed E-state index contributed by atoms with van der Waals surface area (Å²) in [5.41, 5.74) is 0.0102. The maximum Gasteiger partial charge on any atom is 0.346 e. The molecule has 0 spiro atoms. The van der Waals surface area contributed by atoms with E-state index in [1.54, 1.807) is 16.7 Å². The number of benzene rings is 1. The topological polar surface area (TPSA) is 82.1 Å². The van der Waals surface area contributed by atoms with Crippen LogP contribution in [0.15, 0.2) is 51.9 Å². The molecule has 2 aromatic heterocycles. The molecule has 1 aliphatic carbocycles. The Balaban J connectivity index is 1.48. The Labute approximate surface area is 148 Å². The van der Waals surface area contributed by atoms with Gasteiger partial charge >= 0.3 is 5.69 Å². The van der Waals surface area contributed by atoms with Crippen molar-refractivity contribution in [2.75, 3.05) is 6.54 Å². The van der Waals surface area contributed by atoms with Crippen LogP contribution >= 0.6 is 0 Å². The zero-order chi connectivity index (χ0) is 18.1. The lowest BCUT2D eigenvalue weighted by Crippen LogP contribution is -2.32. The third-order valence-corrected chi connectivity index (χ3v) is 4.22. The fourth-order valence-corrected chi connectivity index (χ4v) is 2.81. The maximum absolute atomic E-state index is 13.2. The van der Waals surface area contributed by atoms with Crippen LogP contribution in [0.4, 0.5) is 4.39 Å². The summed E-state index contributed by atoms with van der Waals surface area (Å²) >= 11 is 0. The molecule has 0 saturated heterocycles. The zero-order valence-electron chi connectivity index (χ0n) is 13.9. The fourth-order valence-electron chi connectivity index (χ4n) is 2.81. The molecule has 134 valence electrons. The van der Waals surface area contributed by atoms with E-state index in [4.69, 9.17) is 4.42 Å². The summed E-state index contributed by atoms with van der Waals surface area (Å²) in [7, 11) is 0. The van der Waals surface area contributed by atoms with E-state index in [2.05, 4.69) is 10.4 Å². The van der Waals surface area contributed by atoms with Crippen LogP contribution in [0.3, 0.4) is 0 Å². The second-order valence-electron chi connectivity index (χ2n) is 6.17. The van der Waals surface area contributed by atoms with E-state index < -0.39 is 11.7 Å². The first-order chi connectivity index (χ1) is 12.6. The van der Waals surface area contributed by atoms with Crippen molar-refractivity contribution in [1.82, 2.24) is 19.7 Å². The first-order valence-electron chi connectivity index (χ1n) is 8.40. The predicted molar refractivity (Wildman–Crippen MR) is 91.2 cm³/mol. The van der Waals surface area contributed by atoms with E-state index in [0.717, 1.165) is 12.8 Å². The highest BCUT2D eigenvalue weighted by atomic mass is 19.1. The van der Waals surface area contributed by atoms with Crippen molar-refractivity contribution >= 4 is 5.91 Å². The molecular formula is C18H17FN4O3. The Kier molecular flexibility index (Phi) is 4.16. The van der Waals surface area contributed by atoms with Gasteiger partial charge < -0.3 is 9.73 Å². The lowest BCUT2D eigenvalue weighted by molar-refractivity contribution is 0.0951. The molecule has 8 heteroatoms. The summed E-state index contributed by atoms with van der Waals surface area (Å²) in [6, 6.07) is 9.10. The van der Waals surface area contributed by atoms with Gasteiger partial charge in [-0.1, -0.05) is 6.07 Å². The van der Waals surface area contributed by atoms with Gasteiger partial charge in [0, 0.05) is 18.2 Å². The summed E-state index contributed by atoms with van der Waals surface area (Å²) in [5, 5.41) is 7.03. The van der Waals surface area contributed by atoms with E-state index >= 15 is 0 Å². The molecule has 0 bridgehead atoms. The van der Waals surface area contributed by atoms with Crippen LogP contribution in [0.5, 0.6) is 0 Å². The monoisotopic (exact) mass is 356 g/mol. The number of nitrogens with zero attached hydrogens (tertiary/aromatic N) is 3. The molecule has 4 rings (SSSR count). The molecule has 0 unspecified atom stereocenters. The lowest BCUT2D eigenvalue weighted by atomic mass is 10.2. The second kappa shape index (κ2) is 6.62. The number of halogens is 1. The van der Waals surface area contributed by atoms with Crippen molar-refractivity contribution in [3.63, 3.8) is 0 Å². The van der Waals surface area contributed by atoms with Crippen molar-refractivity contribution in [2.24, 2.45) is 0 Å². The molecule has 1 saturated carbocycles. The van der Waals surface area contributed by atoms with Crippen LogP contribution in [-0.2, 0) is 6.54 Å². The van der Waals surface area contributed by atoms with E-state index in [1.807, 2.05) is 0 Å². The summed E-state index contributed by atoms with van der Waals surface area (Å²) in [4.78, 5) is 24.7. The first-order valence-corrected chi connectivity index (χ1v) is 8.40. The Morgan fingerprint density at radius 3 is 2.85 bits per heavy atom. The van der Waals surface area contributed by atoms with E-state index in [0.29, 0.717) is 11.6 Å². The third kappa shape index (κ3) is 3.17. The van der Waals surface area contributed by atoms with Crippen LogP contribution in [-0.4, -0.2) is 26.8 Å². The normalized spacial score (nSPS) is 13.7. The van der Waals surface area contributed by atoms with Gasteiger partial charge in [-0.25, -0.2) is 13.9 Å². The van der Waals surface area contributed by atoms with Gasteiger partial charge in [-0.2, -0.15) is 0 Å². The number of nitrogens with one attached hydrogen (secondary N) is 1. The van der Waals surface area contributed by atoms with Crippen molar-refractivity contribution in [1.29, 1.82) is 0 Å². The highest BCUT2D eigenvalue weighted by molar-refractivity contribution is 5.94. The molecule has 1 N–H and O–H groups in total. The minimum absolute atomic E-state index is 0.151. The van der Waals surface area contributed by atoms with Crippen molar-refractivity contribution in [2.45, 2.75) is 25.4 Å². The van der Waals surface area contributed by atoms with Gasteiger partial charge in [0.1, 0.15) is 5.82 Å². The molecule has 0 aliphatic heterocycles. The van der Waals surface area contributed by atoms with Crippen LogP contribution < -0.4 is 11.0 Å². The smallest absolute Gasteiger partial charge is 0.346 e.